The minimum Gasteiger partial charge on any atom is -0.478 e. The van der Waals surface area contributed by atoms with Crippen LogP contribution in [0.2, 0.25) is 0 Å². The zero-order chi connectivity index (χ0) is 14.5. The second kappa shape index (κ2) is 4.17. The van der Waals surface area contributed by atoms with Gasteiger partial charge in [0.2, 0.25) is 0 Å². The Morgan fingerprint density at radius 1 is 0.950 bits per heavy atom. The normalized spacial score (nSPS) is 17.0. The maximum absolute atomic E-state index is 12.3. The van der Waals surface area contributed by atoms with Gasteiger partial charge in [0.25, 0.3) is 0 Å². The second-order valence-electron chi connectivity index (χ2n) is 4.39. The van der Waals surface area contributed by atoms with Crippen molar-refractivity contribution >= 4 is 22.3 Å². The van der Waals surface area contributed by atoms with Crippen molar-refractivity contribution < 1.29 is 23.8 Å². The number of rotatable bonds is 1. The van der Waals surface area contributed by atoms with E-state index in [0.29, 0.717) is 0 Å². The van der Waals surface area contributed by atoms with Gasteiger partial charge < -0.3 is 5.11 Å². The van der Waals surface area contributed by atoms with Gasteiger partial charge in [0.15, 0.2) is 5.78 Å². The Hall–Kier alpha value is -2.15. The van der Waals surface area contributed by atoms with Gasteiger partial charge in [0, 0.05) is 11.1 Å². The molecule has 0 radical (unpaired) electrons. The lowest BCUT2D eigenvalue weighted by Crippen LogP contribution is -2.18. The maximum Gasteiger partial charge on any atom is 0.335 e. The molecule has 6 heteroatoms. The topological polar surface area (TPSA) is 94.8 Å². The number of aromatic carboxylic acids is 1. The molecular weight excluding hydrogens is 280 g/mol. The number of carboxylic acid groups (broad SMARTS) is 1. The number of carboxylic acids is 1. The third-order valence-electron chi connectivity index (χ3n) is 3.22. The second-order valence-corrected chi connectivity index (χ2v) is 6.37. The fourth-order valence-corrected chi connectivity index (χ4v) is 3.98. The zero-order valence-electron chi connectivity index (χ0n) is 10.1. The summed E-state index contributed by atoms with van der Waals surface area (Å²) in [4.78, 5) is 23.4. The van der Waals surface area contributed by atoms with Crippen LogP contribution in [0.4, 0.5) is 0 Å². The summed E-state index contributed by atoms with van der Waals surface area (Å²) >= 11 is 0. The van der Waals surface area contributed by atoms with Crippen LogP contribution >= 0.6 is 10.6 Å². The van der Waals surface area contributed by atoms with Crippen molar-refractivity contribution in [1.82, 2.24) is 0 Å². The zero-order valence-corrected chi connectivity index (χ0v) is 10.9. The molecule has 0 bridgehead atoms. The lowest BCUT2D eigenvalue weighted by atomic mass is 10.0. The van der Waals surface area contributed by atoms with E-state index in [2.05, 4.69) is 0 Å². The fourth-order valence-electron chi connectivity index (χ4n) is 2.24. The Bertz CT molecular complexity index is 751. The molecule has 0 saturated carbocycles. The first kappa shape index (κ1) is 12.9. The first-order chi connectivity index (χ1) is 9.43. The molecule has 5 nitrogen and oxygen atoms in total. The minimum absolute atomic E-state index is 0.0268. The Balaban J connectivity index is 2.32. The molecule has 0 atom stereocenters. The smallest absolute Gasteiger partial charge is 0.335 e. The quantitative estimate of drug-likeness (QED) is 0.750. The summed E-state index contributed by atoms with van der Waals surface area (Å²) in [7, 11) is -3.37. The van der Waals surface area contributed by atoms with E-state index in [0.717, 1.165) is 6.07 Å². The Kier molecular flexibility index (Phi) is 2.68. The first-order valence-electron chi connectivity index (χ1n) is 5.72. The molecule has 2 aromatic carbocycles. The summed E-state index contributed by atoms with van der Waals surface area (Å²) in [6, 6.07) is 10.0. The van der Waals surface area contributed by atoms with Gasteiger partial charge in [0.1, 0.15) is 0 Å². The molecule has 2 aromatic rings. The van der Waals surface area contributed by atoms with Gasteiger partial charge in [-0.1, -0.05) is 12.1 Å². The molecule has 102 valence electrons. The van der Waals surface area contributed by atoms with E-state index in [4.69, 9.17) is 5.11 Å². The molecule has 0 fully saturated rings. The van der Waals surface area contributed by atoms with E-state index in [9.17, 15) is 18.7 Å². The summed E-state index contributed by atoms with van der Waals surface area (Å²) in [6.07, 6.45) is 0. The number of hydrogen-bond acceptors (Lipinski definition) is 4. The molecule has 20 heavy (non-hydrogen) atoms. The standard InChI is InChI=1S/C14H10O5S/c15-13-9-3-1-2-4-11(9)20(18,19)12-7-8(14(16)17)5-6-10(12)13/h1-7,18-19H,(H,16,17). The Morgan fingerprint density at radius 3 is 2.30 bits per heavy atom. The van der Waals surface area contributed by atoms with Gasteiger partial charge in [-0.05, 0) is 30.3 Å². The average Bonchev–Trinajstić information content (AvgIpc) is 2.44. The molecule has 0 spiro atoms. The summed E-state index contributed by atoms with van der Waals surface area (Å²) in [5, 5.41) is 8.98. The molecule has 0 saturated heterocycles. The van der Waals surface area contributed by atoms with Gasteiger partial charge in [-0.15, -0.1) is 10.6 Å². The lowest BCUT2D eigenvalue weighted by molar-refractivity contribution is 0.0696. The molecule has 1 heterocycles. The van der Waals surface area contributed by atoms with Gasteiger partial charge in [-0.2, -0.15) is 0 Å². The van der Waals surface area contributed by atoms with Crippen molar-refractivity contribution in [2.75, 3.05) is 0 Å². The number of benzene rings is 2. The van der Waals surface area contributed by atoms with Crippen molar-refractivity contribution in [1.29, 1.82) is 0 Å². The van der Waals surface area contributed by atoms with Crippen molar-refractivity contribution in [3.63, 3.8) is 0 Å². The molecule has 1 aliphatic heterocycles. The van der Waals surface area contributed by atoms with Crippen molar-refractivity contribution in [2.45, 2.75) is 9.79 Å². The van der Waals surface area contributed by atoms with Crippen LogP contribution in [0.25, 0.3) is 0 Å². The van der Waals surface area contributed by atoms with E-state index >= 15 is 0 Å². The van der Waals surface area contributed by atoms with Gasteiger partial charge in [-0.25, -0.2) is 4.79 Å². The Labute approximate surface area is 115 Å². The van der Waals surface area contributed by atoms with Gasteiger partial charge >= 0.3 is 5.97 Å². The highest BCUT2D eigenvalue weighted by molar-refractivity contribution is 8.24. The molecule has 0 aromatic heterocycles. The summed E-state index contributed by atoms with van der Waals surface area (Å²) < 4.78 is 20.8. The molecule has 0 amide bonds. The summed E-state index contributed by atoms with van der Waals surface area (Å²) in [5.41, 5.74) is 0.285. The van der Waals surface area contributed by atoms with Crippen LogP contribution < -0.4 is 0 Å². The highest BCUT2D eigenvalue weighted by Crippen LogP contribution is 2.61. The molecule has 1 aliphatic rings. The molecule has 3 rings (SSSR count). The molecule has 0 unspecified atom stereocenters. The summed E-state index contributed by atoms with van der Waals surface area (Å²) in [6.45, 7) is 0. The van der Waals surface area contributed by atoms with Crippen LogP contribution in [-0.4, -0.2) is 26.0 Å². The van der Waals surface area contributed by atoms with Crippen LogP contribution in [0.1, 0.15) is 26.3 Å². The van der Waals surface area contributed by atoms with Crippen molar-refractivity contribution in [3.8, 4) is 0 Å². The van der Waals surface area contributed by atoms with Crippen LogP contribution in [0, 0.1) is 0 Å². The molecule has 0 aliphatic carbocycles. The predicted molar refractivity (Wildman–Crippen MR) is 72.7 cm³/mol. The van der Waals surface area contributed by atoms with E-state index in [1.165, 1.54) is 24.3 Å². The maximum atomic E-state index is 12.3. The van der Waals surface area contributed by atoms with Crippen LogP contribution in [0.3, 0.4) is 0 Å². The van der Waals surface area contributed by atoms with Crippen molar-refractivity contribution in [3.05, 3.63) is 59.2 Å². The van der Waals surface area contributed by atoms with Gasteiger partial charge in [0.05, 0.1) is 15.4 Å². The van der Waals surface area contributed by atoms with E-state index in [1.54, 1.807) is 12.1 Å². The highest BCUT2D eigenvalue weighted by atomic mass is 32.3. The highest BCUT2D eigenvalue weighted by Gasteiger charge is 2.35. The monoisotopic (exact) mass is 290 g/mol. The first-order valence-corrected chi connectivity index (χ1v) is 7.27. The Morgan fingerprint density at radius 2 is 1.60 bits per heavy atom. The fraction of sp³-hybridized carbons (Fsp3) is 0. The number of carbonyl (C=O) groups is 2. The third kappa shape index (κ3) is 1.66. The number of ketones is 1. The van der Waals surface area contributed by atoms with Crippen LogP contribution in [-0.2, 0) is 0 Å². The lowest BCUT2D eigenvalue weighted by Gasteiger charge is -2.38. The van der Waals surface area contributed by atoms with E-state index in [-0.39, 0.29) is 32.3 Å². The van der Waals surface area contributed by atoms with E-state index < -0.39 is 16.6 Å². The van der Waals surface area contributed by atoms with Crippen LogP contribution in [0.5, 0.6) is 0 Å². The number of hydrogen-bond donors (Lipinski definition) is 3. The molecule has 3 N–H and O–H groups in total. The number of carbonyl (C=O) groups excluding carboxylic acids is 1. The predicted octanol–water partition coefficient (Wildman–Crippen LogP) is 3.10. The molecular formula is C14H10O5S. The summed E-state index contributed by atoms with van der Waals surface area (Å²) in [5.74, 6) is -1.52. The average molecular weight is 290 g/mol. The number of fused-ring (bicyclic) bond motifs is 2. The van der Waals surface area contributed by atoms with Crippen molar-refractivity contribution in [2.24, 2.45) is 0 Å². The van der Waals surface area contributed by atoms with E-state index in [1.807, 2.05) is 0 Å². The largest absolute Gasteiger partial charge is 0.478 e. The SMILES string of the molecule is O=C(O)c1ccc2c(c1)S(O)(O)c1ccccc1C2=O. The third-order valence-corrected chi connectivity index (χ3v) is 5.14. The van der Waals surface area contributed by atoms with Gasteiger partial charge in [-0.3, -0.25) is 13.9 Å². The van der Waals surface area contributed by atoms with Crippen LogP contribution in [0.15, 0.2) is 52.3 Å². The minimum atomic E-state index is -3.37.